The third-order valence-corrected chi connectivity index (χ3v) is 4.23. The number of nitrogens with zero attached hydrogens (tertiary/aromatic N) is 3. The number of ether oxygens (including phenoxy) is 2. The number of methoxy groups -OCH3 is 2. The fourth-order valence-corrected chi connectivity index (χ4v) is 2.98. The molecule has 0 aliphatic carbocycles. The second-order valence-corrected chi connectivity index (χ2v) is 5.78. The van der Waals surface area contributed by atoms with Gasteiger partial charge in [0, 0.05) is 18.5 Å². The lowest BCUT2D eigenvalue weighted by Gasteiger charge is -2.09. The molecule has 24 heavy (non-hydrogen) atoms. The molecule has 6 nitrogen and oxygen atoms in total. The molecular weight excluding hydrogens is 330 g/mol. The van der Waals surface area contributed by atoms with Crippen LogP contribution in [0.15, 0.2) is 28.0 Å². The first-order valence-corrected chi connectivity index (χ1v) is 8.06. The van der Waals surface area contributed by atoms with E-state index in [9.17, 15) is 4.79 Å². The van der Waals surface area contributed by atoms with Crippen LogP contribution in [-0.2, 0) is 13.0 Å². The molecule has 0 bridgehead atoms. The summed E-state index contributed by atoms with van der Waals surface area (Å²) < 4.78 is 12.1. The summed E-state index contributed by atoms with van der Waals surface area (Å²) in [6, 6.07) is 5.55. The van der Waals surface area contributed by atoms with Gasteiger partial charge in [-0.05, 0) is 36.2 Å². The summed E-state index contributed by atoms with van der Waals surface area (Å²) in [7, 11) is 3.17. The topological polar surface area (TPSA) is 65.7 Å². The van der Waals surface area contributed by atoms with Crippen molar-refractivity contribution in [2.75, 3.05) is 14.2 Å². The Morgan fingerprint density at radius 1 is 1.25 bits per heavy atom. The molecule has 0 radical (unpaired) electrons. The number of fused-ring (bicyclic) bond motifs is 1. The monoisotopic (exact) mass is 347 g/mol. The van der Waals surface area contributed by atoms with Crippen molar-refractivity contribution in [3.8, 4) is 11.5 Å². The lowest BCUT2D eigenvalue weighted by Crippen LogP contribution is -2.25. The van der Waals surface area contributed by atoms with Crippen LogP contribution in [0, 0.1) is 0 Å². The molecule has 0 unspecified atom stereocenters. The van der Waals surface area contributed by atoms with E-state index in [0.717, 1.165) is 17.7 Å². The van der Waals surface area contributed by atoms with Crippen LogP contribution in [0.4, 0.5) is 5.82 Å². The SMILES string of the molecule is CCCn1c(Cl)nc2c(c1=O)CC(c1ccc(OC)c(OC)c1)=N2. The van der Waals surface area contributed by atoms with Gasteiger partial charge in [0.05, 0.1) is 25.5 Å². The highest BCUT2D eigenvalue weighted by molar-refractivity contribution is 6.28. The maximum absolute atomic E-state index is 12.6. The van der Waals surface area contributed by atoms with Gasteiger partial charge in [-0.15, -0.1) is 0 Å². The third-order valence-electron chi connectivity index (χ3n) is 3.94. The van der Waals surface area contributed by atoms with E-state index in [2.05, 4.69) is 9.98 Å². The van der Waals surface area contributed by atoms with Crippen LogP contribution in [0.2, 0.25) is 5.28 Å². The molecule has 0 atom stereocenters. The first kappa shape index (κ1) is 16.5. The molecule has 126 valence electrons. The van der Waals surface area contributed by atoms with Gasteiger partial charge in [-0.25, -0.2) is 4.99 Å². The van der Waals surface area contributed by atoms with Crippen LogP contribution in [-0.4, -0.2) is 29.5 Å². The highest BCUT2D eigenvalue weighted by atomic mass is 35.5. The van der Waals surface area contributed by atoms with E-state index in [1.54, 1.807) is 14.2 Å². The Labute approximate surface area is 144 Å². The second kappa shape index (κ2) is 6.65. The maximum Gasteiger partial charge on any atom is 0.260 e. The lowest BCUT2D eigenvalue weighted by atomic mass is 10.1. The molecule has 2 heterocycles. The zero-order valence-corrected chi connectivity index (χ0v) is 14.6. The minimum Gasteiger partial charge on any atom is -0.493 e. The minimum atomic E-state index is -0.119. The molecule has 0 fully saturated rings. The minimum absolute atomic E-state index is 0.119. The Bertz CT molecular complexity index is 874. The fraction of sp³-hybridized carbons (Fsp3) is 0.353. The van der Waals surface area contributed by atoms with Crippen molar-refractivity contribution in [2.24, 2.45) is 4.99 Å². The highest BCUT2D eigenvalue weighted by Gasteiger charge is 2.24. The first-order valence-electron chi connectivity index (χ1n) is 7.68. The van der Waals surface area contributed by atoms with Gasteiger partial charge >= 0.3 is 0 Å². The van der Waals surface area contributed by atoms with E-state index in [4.69, 9.17) is 21.1 Å². The number of rotatable bonds is 5. The summed E-state index contributed by atoms with van der Waals surface area (Å²) >= 11 is 6.12. The number of aromatic nitrogens is 2. The number of aliphatic imine (C=N–C) groups is 1. The van der Waals surface area contributed by atoms with Crippen molar-refractivity contribution in [3.63, 3.8) is 0 Å². The average Bonchev–Trinajstić information content (AvgIpc) is 3.02. The van der Waals surface area contributed by atoms with Gasteiger partial charge in [0.1, 0.15) is 0 Å². The van der Waals surface area contributed by atoms with Crippen LogP contribution in [0.5, 0.6) is 11.5 Å². The average molecular weight is 348 g/mol. The maximum atomic E-state index is 12.6. The van der Waals surface area contributed by atoms with Crippen LogP contribution in [0.25, 0.3) is 0 Å². The molecular formula is C17H18ClN3O3. The van der Waals surface area contributed by atoms with Gasteiger partial charge in [0.2, 0.25) is 5.28 Å². The number of hydrogen-bond donors (Lipinski definition) is 0. The molecule has 2 aromatic rings. The number of hydrogen-bond acceptors (Lipinski definition) is 5. The Morgan fingerprint density at radius 3 is 2.67 bits per heavy atom. The summed E-state index contributed by atoms with van der Waals surface area (Å²) in [5.41, 5.74) is 2.09. The van der Waals surface area contributed by atoms with Crippen molar-refractivity contribution in [3.05, 3.63) is 45.0 Å². The molecule has 0 N–H and O–H groups in total. The summed E-state index contributed by atoms with van der Waals surface area (Å²) in [5.74, 6) is 1.66. The highest BCUT2D eigenvalue weighted by Crippen LogP contribution is 2.31. The standard InChI is InChI=1S/C17H18ClN3O3/c1-4-7-21-16(22)11-9-12(19-15(11)20-17(21)18)10-5-6-13(23-2)14(8-10)24-3/h5-6,8H,4,7,9H2,1-3H3. The smallest absolute Gasteiger partial charge is 0.260 e. The number of halogens is 1. The van der Waals surface area contributed by atoms with Crippen molar-refractivity contribution < 1.29 is 9.47 Å². The Morgan fingerprint density at radius 2 is 2.00 bits per heavy atom. The van der Waals surface area contributed by atoms with Gasteiger partial charge in [0.25, 0.3) is 5.56 Å². The zero-order chi connectivity index (χ0) is 17.3. The summed E-state index contributed by atoms with van der Waals surface area (Å²) in [6.45, 7) is 2.53. The zero-order valence-electron chi connectivity index (χ0n) is 13.8. The van der Waals surface area contributed by atoms with Gasteiger partial charge in [-0.3, -0.25) is 9.36 Å². The van der Waals surface area contributed by atoms with E-state index in [1.165, 1.54) is 4.57 Å². The Hall–Kier alpha value is -2.34. The number of benzene rings is 1. The predicted molar refractivity (Wildman–Crippen MR) is 93.2 cm³/mol. The normalized spacial score (nSPS) is 12.8. The van der Waals surface area contributed by atoms with Gasteiger partial charge in [-0.1, -0.05) is 6.92 Å². The summed E-state index contributed by atoms with van der Waals surface area (Å²) in [6.07, 6.45) is 1.24. The molecule has 0 amide bonds. The van der Waals surface area contributed by atoms with Gasteiger partial charge in [-0.2, -0.15) is 4.98 Å². The largest absolute Gasteiger partial charge is 0.493 e. The first-order chi connectivity index (χ1) is 11.6. The molecule has 0 saturated heterocycles. The van der Waals surface area contributed by atoms with E-state index < -0.39 is 0 Å². The molecule has 3 rings (SSSR count). The van der Waals surface area contributed by atoms with Crippen LogP contribution in [0.3, 0.4) is 0 Å². The molecule has 0 spiro atoms. The van der Waals surface area contributed by atoms with Crippen LogP contribution >= 0.6 is 11.6 Å². The Balaban J connectivity index is 2.00. The van der Waals surface area contributed by atoms with Crippen molar-refractivity contribution in [1.29, 1.82) is 0 Å². The lowest BCUT2D eigenvalue weighted by molar-refractivity contribution is 0.355. The van der Waals surface area contributed by atoms with E-state index in [1.807, 2.05) is 25.1 Å². The van der Waals surface area contributed by atoms with E-state index in [-0.39, 0.29) is 10.8 Å². The molecule has 1 aliphatic rings. The molecule has 1 aromatic heterocycles. The van der Waals surface area contributed by atoms with E-state index in [0.29, 0.717) is 35.8 Å². The third kappa shape index (κ3) is 2.78. The molecule has 7 heteroatoms. The molecule has 1 aromatic carbocycles. The second-order valence-electron chi connectivity index (χ2n) is 5.44. The van der Waals surface area contributed by atoms with Gasteiger partial charge < -0.3 is 9.47 Å². The molecule has 0 saturated carbocycles. The quantitative estimate of drug-likeness (QED) is 0.780. The van der Waals surface area contributed by atoms with Crippen molar-refractivity contribution >= 4 is 23.1 Å². The van der Waals surface area contributed by atoms with Crippen LogP contribution < -0.4 is 15.0 Å². The van der Waals surface area contributed by atoms with Crippen molar-refractivity contribution in [1.82, 2.24) is 9.55 Å². The predicted octanol–water partition coefficient (Wildman–Crippen LogP) is 3.00. The Kier molecular flexibility index (Phi) is 4.57. The fourth-order valence-electron chi connectivity index (χ4n) is 2.74. The summed E-state index contributed by atoms with van der Waals surface area (Å²) in [4.78, 5) is 21.3. The van der Waals surface area contributed by atoms with E-state index >= 15 is 0 Å². The van der Waals surface area contributed by atoms with Crippen molar-refractivity contribution in [2.45, 2.75) is 26.3 Å². The summed E-state index contributed by atoms with van der Waals surface area (Å²) in [5, 5.41) is 0.179. The van der Waals surface area contributed by atoms with Gasteiger partial charge in [0.15, 0.2) is 17.3 Å². The van der Waals surface area contributed by atoms with Crippen LogP contribution in [0.1, 0.15) is 24.5 Å². The molecule has 1 aliphatic heterocycles.